The number of carbonyl (C=O) groups excluding carboxylic acids is 2. The van der Waals surface area contributed by atoms with Crippen LogP contribution in [0.15, 0.2) is 59.3 Å². The van der Waals surface area contributed by atoms with Crippen molar-refractivity contribution in [2.24, 2.45) is 7.05 Å². The van der Waals surface area contributed by atoms with Gasteiger partial charge in [0.05, 0.1) is 17.4 Å². The Kier molecular flexibility index (Phi) is 3.15. The number of benzene rings is 2. The van der Waals surface area contributed by atoms with Crippen molar-refractivity contribution in [3.05, 3.63) is 71.6 Å². The van der Waals surface area contributed by atoms with Crippen LogP contribution in [0.4, 0.5) is 0 Å². The van der Waals surface area contributed by atoms with E-state index in [0.717, 1.165) is 27.4 Å². The number of para-hydroxylation sites is 1. The van der Waals surface area contributed by atoms with E-state index in [-0.39, 0.29) is 5.91 Å². The molecule has 5 nitrogen and oxygen atoms in total. The number of carbonyl (C=O) groups is 2. The van der Waals surface area contributed by atoms with E-state index in [1.165, 1.54) is 0 Å². The summed E-state index contributed by atoms with van der Waals surface area (Å²) in [6, 6.07) is 13.6. The largest absolute Gasteiger partial charge is 0.464 e. The molecule has 2 aromatic heterocycles. The Morgan fingerprint density at radius 2 is 1.67 bits per heavy atom. The number of aromatic nitrogens is 1. The van der Waals surface area contributed by atoms with Crippen LogP contribution in [-0.2, 0) is 16.6 Å². The highest BCUT2D eigenvalue weighted by Crippen LogP contribution is 2.38. The minimum Gasteiger partial charge on any atom is -0.464 e. The number of hydrogen-bond donors (Lipinski definition) is 1. The van der Waals surface area contributed by atoms with Crippen molar-refractivity contribution in [1.29, 1.82) is 0 Å². The van der Waals surface area contributed by atoms with Gasteiger partial charge in [0.2, 0.25) is 0 Å². The highest BCUT2D eigenvalue weighted by atomic mass is 16.3. The molecule has 5 heteroatoms. The van der Waals surface area contributed by atoms with Crippen molar-refractivity contribution in [3.8, 4) is 0 Å². The smallest absolute Gasteiger partial charge is 0.259 e. The van der Waals surface area contributed by atoms with Gasteiger partial charge in [-0.2, -0.15) is 0 Å². The van der Waals surface area contributed by atoms with Gasteiger partial charge in [-0.15, -0.1) is 0 Å². The molecule has 0 radical (unpaired) electrons. The molecule has 132 valence electrons. The highest BCUT2D eigenvalue weighted by Gasteiger charge is 2.35. The van der Waals surface area contributed by atoms with Crippen molar-refractivity contribution in [2.75, 3.05) is 0 Å². The average molecular weight is 356 g/mol. The Bertz CT molecular complexity index is 1300. The summed E-state index contributed by atoms with van der Waals surface area (Å²) in [5, 5.41) is 4.21. The zero-order valence-corrected chi connectivity index (χ0v) is 14.9. The highest BCUT2D eigenvalue weighted by molar-refractivity contribution is 6.50. The van der Waals surface area contributed by atoms with E-state index in [1.807, 2.05) is 67.2 Å². The molecule has 2 amide bonds. The van der Waals surface area contributed by atoms with Gasteiger partial charge in [-0.25, -0.2) is 0 Å². The first kappa shape index (κ1) is 15.6. The number of furan rings is 1. The summed E-state index contributed by atoms with van der Waals surface area (Å²) in [5.41, 5.74) is 4.91. The van der Waals surface area contributed by atoms with E-state index >= 15 is 0 Å². The van der Waals surface area contributed by atoms with E-state index in [1.54, 1.807) is 6.26 Å². The maximum Gasteiger partial charge on any atom is 0.259 e. The molecule has 0 saturated carbocycles. The number of fused-ring (bicyclic) bond motifs is 2. The molecular weight excluding hydrogens is 340 g/mol. The normalized spacial score (nSPS) is 14.6. The minimum atomic E-state index is -0.397. The molecule has 0 bridgehead atoms. The number of hydrogen-bond acceptors (Lipinski definition) is 3. The third-order valence-electron chi connectivity index (χ3n) is 5.10. The monoisotopic (exact) mass is 356 g/mol. The molecule has 0 spiro atoms. The molecule has 1 aliphatic heterocycles. The molecule has 4 aromatic rings. The number of nitrogens with one attached hydrogen (secondary N) is 1. The third-order valence-corrected chi connectivity index (χ3v) is 5.10. The summed E-state index contributed by atoms with van der Waals surface area (Å²) in [6.45, 7) is 2.01. The second-order valence-corrected chi connectivity index (χ2v) is 6.85. The zero-order chi connectivity index (χ0) is 18.7. The SMILES string of the molecule is Cc1ccc2c(c1)c(C1=C(c3coc4ccccc34)C(=O)NC1=O)cn2C. The van der Waals surface area contributed by atoms with E-state index in [0.29, 0.717) is 22.3 Å². The molecule has 0 atom stereocenters. The van der Waals surface area contributed by atoms with Crippen LogP contribution in [0.2, 0.25) is 0 Å². The van der Waals surface area contributed by atoms with Gasteiger partial charge in [0.1, 0.15) is 5.58 Å². The summed E-state index contributed by atoms with van der Waals surface area (Å²) < 4.78 is 7.58. The Hall–Kier alpha value is -3.60. The Labute approximate surface area is 154 Å². The fourth-order valence-electron chi connectivity index (χ4n) is 3.85. The zero-order valence-electron chi connectivity index (χ0n) is 14.9. The molecule has 27 heavy (non-hydrogen) atoms. The van der Waals surface area contributed by atoms with Gasteiger partial charge in [-0.05, 0) is 25.1 Å². The number of rotatable bonds is 2. The van der Waals surface area contributed by atoms with Gasteiger partial charge >= 0.3 is 0 Å². The van der Waals surface area contributed by atoms with Crippen LogP contribution in [0.3, 0.4) is 0 Å². The number of nitrogens with zero attached hydrogens (tertiary/aromatic N) is 1. The first-order chi connectivity index (χ1) is 13.0. The molecule has 0 saturated heterocycles. The van der Waals surface area contributed by atoms with E-state index < -0.39 is 5.91 Å². The first-order valence-corrected chi connectivity index (χ1v) is 8.67. The second-order valence-electron chi connectivity index (χ2n) is 6.85. The molecule has 5 rings (SSSR count). The lowest BCUT2D eigenvalue weighted by Crippen LogP contribution is -2.22. The maximum atomic E-state index is 12.7. The van der Waals surface area contributed by atoms with Crippen molar-refractivity contribution < 1.29 is 14.0 Å². The predicted molar refractivity (Wildman–Crippen MR) is 104 cm³/mol. The summed E-state index contributed by atoms with van der Waals surface area (Å²) in [5.74, 6) is -0.777. The Balaban J connectivity index is 1.87. The van der Waals surface area contributed by atoms with Crippen LogP contribution in [0.1, 0.15) is 16.7 Å². The summed E-state index contributed by atoms with van der Waals surface area (Å²) in [6.07, 6.45) is 3.45. The lowest BCUT2D eigenvalue weighted by atomic mass is 9.95. The molecule has 2 aromatic carbocycles. The third kappa shape index (κ3) is 2.18. The van der Waals surface area contributed by atoms with Gasteiger partial charge in [0, 0.05) is 40.7 Å². The van der Waals surface area contributed by atoms with E-state index in [2.05, 4.69) is 5.32 Å². The number of amides is 2. The molecule has 0 fully saturated rings. The van der Waals surface area contributed by atoms with Crippen molar-refractivity contribution in [3.63, 3.8) is 0 Å². The second kappa shape index (κ2) is 5.45. The fourth-order valence-corrected chi connectivity index (χ4v) is 3.85. The van der Waals surface area contributed by atoms with Gasteiger partial charge in [0.25, 0.3) is 11.8 Å². The van der Waals surface area contributed by atoms with Crippen LogP contribution in [0.5, 0.6) is 0 Å². The number of imide groups is 1. The van der Waals surface area contributed by atoms with E-state index in [9.17, 15) is 9.59 Å². The lowest BCUT2D eigenvalue weighted by molar-refractivity contribution is -0.122. The maximum absolute atomic E-state index is 12.7. The van der Waals surface area contributed by atoms with Crippen LogP contribution in [0.25, 0.3) is 33.0 Å². The molecule has 1 aliphatic rings. The first-order valence-electron chi connectivity index (χ1n) is 8.67. The predicted octanol–water partition coefficient (Wildman–Crippen LogP) is 3.80. The van der Waals surface area contributed by atoms with Crippen LogP contribution >= 0.6 is 0 Å². The summed E-state index contributed by atoms with van der Waals surface area (Å²) in [4.78, 5) is 25.4. The van der Waals surface area contributed by atoms with Crippen molar-refractivity contribution in [1.82, 2.24) is 9.88 Å². The molecular formula is C22H16N2O3. The Morgan fingerprint density at radius 1 is 0.926 bits per heavy atom. The molecule has 3 heterocycles. The van der Waals surface area contributed by atoms with Crippen molar-refractivity contribution in [2.45, 2.75) is 6.92 Å². The standard InChI is InChI=1S/C22H16N2O3/c1-12-7-8-17-14(9-12)15(10-24(17)2)19-20(22(26)23-21(19)25)16-11-27-18-6-4-3-5-13(16)18/h3-11H,1-2H3,(H,23,25,26). The van der Waals surface area contributed by atoms with Crippen LogP contribution < -0.4 is 5.32 Å². The summed E-state index contributed by atoms with van der Waals surface area (Å²) in [7, 11) is 1.93. The fraction of sp³-hybridized carbons (Fsp3) is 0.0909. The van der Waals surface area contributed by atoms with Gasteiger partial charge in [-0.1, -0.05) is 29.8 Å². The van der Waals surface area contributed by atoms with Crippen LogP contribution in [-0.4, -0.2) is 16.4 Å². The van der Waals surface area contributed by atoms with Crippen molar-refractivity contribution >= 4 is 44.8 Å². The molecule has 1 N–H and O–H groups in total. The average Bonchev–Trinajstić information content (AvgIpc) is 3.28. The molecule has 0 unspecified atom stereocenters. The summed E-state index contributed by atoms with van der Waals surface area (Å²) >= 11 is 0. The topological polar surface area (TPSA) is 64.2 Å². The van der Waals surface area contributed by atoms with Crippen LogP contribution in [0, 0.1) is 6.92 Å². The Morgan fingerprint density at radius 3 is 2.48 bits per heavy atom. The lowest BCUT2D eigenvalue weighted by Gasteiger charge is -2.03. The minimum absolute atomic E-state index is 0.360. The van der Waals surface area contributed by atoms with E-state index in [4.69, 9.17) is 4.42 Å². The quantitative estimate of drug-likeness (QED) is 0.556. The van der Waals surface area contributed by atoms with Gasteiger partial charge in [-0.3, -0.25) is 14.9 Å². The molecule has 0 aliphatic carbocycles. The number of aryl methyl sites for hydroxylation is 2. The van der Waals surface area contributed by atoms with Gasteiger partial charge < -0.3 is 8.98 Å². The van der Waals surface area contributed by atoms with Gasteiger partial charge in [0.15, 0.2) is 0 Å².